The summed E-state index contributed by atoms with van der Waals surface area (Å²) in [5.74, 6) is -0.378. The number of hydrogen-bond acceptors (Lipinski definition) is 2. The lowest BCUT2D eigenvalue weighted by atomic mass is 9.71. The Kier molecular flexibility index (Phi) is 4.36. The minimum atomic E-state index is -0.663. The van der Waals surface area contributed by atoms with Crippen LogP contribution in [0.5, 0.6) is 0 Å². The largest absolute Gasteiger partial charge is 0.481 e. The average molecular weight is 227 g/mol. The number of likely N-dealkylation sites (tertiary alicyclic amines) is 1. The summed E-state index contributed by atoms with van der Waals surface area (Å²) in [5, 5.41) is 8.96. The third-order valence-electron chi connectivity index (χ3n) is 4.24. The lowest BCUT2D eigenvalue weighted by Gasteiger charge is -2.45. The maximum atomic E-state index is 10.9. The van der Waals surface area contributed by atoms with Gasteiger partial charge < -0.3 is 10.0 Å². The van der Waals surface area contributed by atoms with Gasteiger partial charge in [0.25, 0.3) is 0 Å². The van der Waals surface area contributed by atoms with Crippen molar-refractivity contribution in [2.75, 3.05) is 13.1 Å². The van der Waals surface area contributed by atoms with E-state index in [2.05, 4.69) is 32.6 Å². The van der Waals surface area contributed by atoms with Gasteiger partial charge in [-0.05, 0) is 37.6 Å². The molecule has 0 aliphatic carbocycles. The summed E-state index contributed by atoms with van der Waals surface area (Å²) in [4.78, 5) is 13.3. The van der Waals surface area contributed by atoms with E-state index in [1.54, 1.807) is 0 Å². The Labute approximate surface area is 98.8 Å². The summed E-state index contributed by atoms with van der Waals surface area (Å²) in [6, 6.07) is 0.576. The van der Waals surface area contributed by atoms with Crippen LogP contribution in [-0.2, 0) is 4.79 Å². The molecule has 1 N–H and O–H groups in total. The van der Waals surface area contributed by atoms with E-state index in [0.717, 1.165) is 25.9 Å². The zero-order valence-corrected chi connectivity index (χ0v) is 11.0. The van der Waals surface area contributed by atoms with Gasteiger partial charge in [-0.15, -0.1) is 0 Å². The molecule has 0 amide bonds. The minimum absolute atomic E-state index is 0.169. The monoisotopic (exact) mass is 227 g/mol. The van der Waals surface area contributed by atoms with Gasteiger partial charge in [-0.3, -0.25) is 4.79 Å². The van der Waals surface area contributed by atoms with Crippen LogP contribution in [0.25, 0.3) is 0 Å². The van der Waals surface area contributed by atoms with Crippen molar-refractivity contribution in [3.8, 4) is 0 Å². The topological polar surface area (TPSA) is 40.5 Å². The second-order valence-corrected chi connectivity index (χ2v) is 5.79. The van der Waals surface area contributed by atoms with Gasteiger partial charge in [-0.25, -0.2) is 0 Å². The van der Waals surface area contributed by atoms with E-state index >= 15 is 0 Å². The van der Waals surface area contributed by atoms with Gasteiger partial charge in [-0.2, -0.15) is 0 Å². The van der Waals surface area contributed by atoms with Gasteiger partial charge in [0.15, 0.2) is 0 Å². The Balaban J connectivity index is 2.65. The van der Waals surface area contributed by atoms with E-state index in [9.17, 15) is 4.79 Å². The van der Waals surface area contributed by atoms with E-state index in [4.69, 9.17) is 5.11 Å². The highest BCUT2D eigenvalue weighted by atomic mass is 16.4. The molecule has 1 aliphatic rings. The lowest BCUT2D eigenvalue weighted by molar-refractivity contribution is -0.140. The molecular formula is C13H25NO2. The first-order valence-electron chi connectivity index (χ1n) is 6.32. The molecule has 1 aliphatic heterocycles. The molecule has 0 aromatic carbocycles. The second-order valence-electron chi connectivity index (χ2n) is 5.79. The van der Waals surface area contributed by atoms with Crippen molar-refractivity contribution in [3.63, 3.8) is 0 Å². The third kappa shape index (κ3) is 3.21. The first-order valence-corrected chi connectivity index (χ1v) is 6.32. The Morgan fingerprint density at radius 3 is 2.69 bits per heavy atom. The van der Waals surface area contributed by atoms with Crippen LogP contribution in [0.3, 0.4) is 0 Å². The van der Waals surface area contributed by atoms with Gasteiger partial charge in [-0.1, -0.05) is 20.8 Å². The van der Waals surface area contributed by atoms with Gasteiger partial charge in [0, 0.05) is 19.0 Å². The highest BCUT2D eigenvalue weighted by molar-refractivity contribution is 5.67. The van der Waals surface area contributed by atoms with Gasteiger partial charge >= 0.3 is 5.97 Å². The molecule has 3 heteroatoms. The zero-order valence-electron chi connectivity index (χ0n) is 11.0. The Morgan fingerprint density at radius 1 is 1.56 bits per heavy atom. The molecule has 94 valence electrons. The molecule has 0 aromatic heterocycles. The zero-order chi connectivity index (χ0) is 12.3. The van der Waals surface area contributed by atoms with Crippen LogP contribution in [0.2, 0.25) is 0 Å². The maximum absolute atomic E-state index is 10.9. The summed E-state index contributed by atoms with van der Waals surface area (Å²) < 4.78 is 0. The van der Waals surface area contributed by atoms with Crippen LogP contribution < -0.4 is 0 Å². The van der Waals surface area contributed by atoms with Crippen LogP contribution in [0, 0.1) is 11.3 Å². The first kappa shape index (κ1) is 13.5. The SMILES string of the molecule is CCC(C)N1CCC(C)(C)C(CC(=O)O)C1. The molecule has 1 fully saturated rings. The normalized spacial score (nSPS) is 27.6. The number of carboxylic acids is 1. The van der Waals surface area contributed by atoms with Crippen molar-refractivity contribution >= 4 is 5.97 Å². The molecule has 1 rings (SSSR count). The van der Waals surface area contributed by atoms with Crippen molar-refractivity contribution < 1.29 is 9.90 Å². The van der Waals surface area contributed by atoms with E-state index in [1.807, 2.05) is 0 Å². The number of hydrogen-bond donors (Lipinski definition) is 1. The minimum Gasteiger partial charge on any atom is -0.481 e. The van der Waals surface area contributed by atoms with Crippen LogP contribution in [0.4, 0.5) is 0 Å². The molecule has 0 spiro atoms. The highest BCUT2D eigenvalue weighted by Gasteiger charge is 2.37. The molecular weight excluding hydrogens is 202 g/mol. The van der Waals surface area contributed by atoms with Gasteiger partial charge in [0.05, 0.1) is 0 Å². The molecule has 1 saturated heterocycles. The summed E-state index contributed by atoms with van der Waals surface area (Å²) in [5.41, 5.74) is 0.169. The molecule has 0 saturated carbocycles. The predicted octanol–water partition coefficient (Wildman–Crippen LogP) is 2.61. The quantitative estimate of drug-likeness (QED) is 0.802. The summed E-state index contributed by atoms with van der Waals surface area (Å²) in [6.45, 7) is 10.9. The van der Waals surface area contributed by atoms with Crippen LogP contribution in [0.15, 0.2) is 0 Å². The van der Waals surface area contributed by atoms with E-state index in [-0.39, 0.29) is 11.3 Å². The number of aliphatic carboxylic acids is 1. The Hall–Kier alpha value is -0.570. The molecule has 16 heavy (non-hydrogen) atoms. The second kappa shape index (κ2) is 5.17. The number of carbonyl (C=O) groups is 1. The number of rotatable bonds is 4. The van der Waals surface area contributed by atoms with Crippen LogP contribution in [0.1, 0.15) is 47.0 Å². The van der Waals surface area contributed by atoms with Crippen molar-refractivity contribution in [2.24, 2.45) is 11.3 Å². The Bertz CT molecular complexity index is 250. The molecule has 0 aromatic rings. The number of carboxylic acid groups (broad SMARTS) is 1. The predicted molar refractivity (Wildman–Crippen MR) is 65.5 cm³/mol. The maximum Gasteiger partial charge on any atom is 0.303 e. The smallest absolute Gasteiger partial charge is 0.303 e. The van der Waals surface area contributed by atoms with E-state index in [1.165, 1.54) is 0 Å². The van der Waals surface area contributed by atoms with Crippen LogP contribution >= 0.6 is 0 Å². The van der Waals surface area contributed by atoms with E-state index in [0.29, 0.717) is 12.5 Å². The standard InChI is InChI=1S/C13H25NO2/c1-5-10(2)14-7-6-13(3,4)11(9-14)8-12(15)16/h10-11H,5-9H2,1-4H3,(H,15,16). The van der Waals surface area contributed by atoms with Crippen LogP contribution in [-0.4, -0.2) is 35.1 Å². The average Bonchev–Trinajstić information content (AvgIpc) is 2.19. The molecule has 2 unspecified atom stereocenters. The number of nitrogens with zero attached hydrogens (tertiary/aromatic N) is 1. The Morgan fingerprint density at radius 2 is 2.19 bits per heavy atom. The van der Waals surface area contributed by atoms with E-state index < -0.39 is 5.97 Å². The first-order chi connectivity index (χ1) is 7.36. The lowest BCUT2D eigenvalue weighted by Crippen LogP contribution is -2.48. The molecule has 3 nitrogen and oxygen atoms in total. The van der Waals surface area contributed by atoms with Crippen molar-refractivity contribution in [3.05, 3.63) is 0 Å². The van der Waals surface area contributed by atoms with Crippen molar-refractivity contribution in [1.82, 2.24) is 4.90 Å². The fourth-order valence-electron chi connectivity index (χ4n) is 2.47. The fourth-order valence-corrected chi connectivity index (χ4v) is 2.47. The van der Waals surface area contributed by atoms with Gasteiger partial charge in [0.1, 0.15) is 0 Å². The van der Waals surface area contributed by atoms with Crippen molar-refractivity contribution in [2.45, 2.75) is 53.0 Å². The number of piperidine rings is 1. The van der Waals surface area contributed by atoms with Gasteiger partial charge in [0.2, 0.25) is 0 Å². The molecule has 1 heterocycles. The summed E-state index contributed by atoms with van der Waals surface area (Å²) in [7, 11) is 0. The molecule has 2 atom stereocenters. The summed E-state index contributed by atoms with van der Waals surface area (Å²) in [6.07, 6.45) is 2.55. The molecule has 0 radical (unpaired) electrons. The fraction of sp³-hybridized carbons (Fsp3) is 0.923. The molecule has 0 bridgehead atoms. The summed E-state index contributed by atoms with van der Waals surface area (Å²) >= 11 is 0. The highest BCUT2D eigenvalue weighted by Crippen LogP contribution is 2.38. The third-order valence-corrected chi connectivity index (χ3v) is 4.24. The van der Waals surface area contributed by atoms with Crippen molar-refractivity contribution in [1.29, 1.82) is 0 Å².